The minimum atomic E-state index is -3.74. The molecule has 0 radical (unpaired) electrons. The average molecular weight is 427 g/mol. The molecule has 0 bridgehead atoms. The summed E-state index contributed by atoms with van der Waals surface area (Å²) in [6, 6.07) is 4.72. The van der Waals surface area contributed by atoms with Crippen LogP contribution in [0.25, 0.3) is 0 Å². The molecule has 1 atom stereocenters. The summed E-state index contributed by atoms with van der Waals surface area (Å²) in [5.41, 5.74) is 0. The molecular weight excluding hydrogens is 399 g/mol. The van der Waals surface area contributed by atoms with Gasteiger partial charge in [-0.2, -0.15) is 4.31 Å². The van der Waals surface area contributed by atoms with Crippen molar-refractivity contribution < 1.29 is 22.4 Å². The normalized spacial score (nSPS) is 21.3. The van der Waals surface area contributed by atoms with Gasteiger partial charge in [-0.3, -0.25) is 14.5 Å². The molecule has 8 nitrogen and oxygen atoms in total. The zero-order valence-corrected chi connectivity index (χ0v) is 17.6. The number of nitrogens with zero attached hydrogens (tertiary/aromatic N) is 4. The van der Waals surface area contributed by atoms with E-state index in [9.17, 15) is 22.4 Å². The number of piperazine rings is 1. The van der Waals surface area contributed by atoms with E-state index in [1.807, 2.05) is 4.90 Å². The summed E-state index contributed by atoms with van der Waals surface area (Å²) >= 11 is 0. The van der Waals surface area contributed by atoms with Crippen molar-refractivity contribution in [3.63, 3.8) is 0 Å². The van der Waals surface area contributed by atoms with Crippen LogP contribution in [0.5, 0.6) is 0 Å². The third-order valence-corrected chi connectivity index (χ3v) is 7.37. The van der Waals surface area contributed by atoms with Crippen molar-refractivity contribution in [3.05, 3.63) is 30.1 Å². The predicted octanol–water partition coefficient (Wildman–Crippen LogP) is 0.0687. The van der Waals surface area contributed by atoms with E-state index in [-0.39, 0.29) is 35.7 Å². The van der Waals surface area contributed by atoms with Crippen molar-refractivity contribution in [1.29, 1.82) is 0 Å². The highest BCUT2D eigenvalue weighted by Gasteiger charge is 2.38. The molecule has 2 saturated heterocycles. The third-order valence-electron chi connectivity index (χ3n) is 5.49. The first-order chi connectivity index (χ1) is 13.7. The van der Waals surface area contributed by atoms with Gasteiger partial charge in [-0.1, -0.05) is 0 Å². The lowest BCUT2D eigenvalue weighted by Gasteiger charge is -2.36. The number of rotatable bonds is 5. The maximum atomic E-state index is 13.1. The van der Waals surface area contributed by atoms with Gasteiger partial charge in [0.15, 0.2) is 0 Å². The highest BCUT2D eigenvalue weighted by Crippen LogP contribution is 2.26. The largest absolute Gasteiger partial charge is 0.348 e. The fraction of sp³-hybridized carbons (Fsp3) is 0.579. The average Bonchev–Trinajstić information content (AvgIpc) is 3.19. The molecule has 0 spiro atoms. The molecule has 2 fully saturated rings. The molecule has 160 valence electrons. The Morgan fingerprint density at radius 1 is 1.07 bits per heavy atom. The van der Waals surface area contributed by atoms with Gasteiger partial charge in [0, 0.05) is 53.4 Å². The minimum Gasteiger partial charge on any atom is -0.348 e. The Labute approximate surface area is 170 Å². The SMILES string of the molecule is CN(C)C(=O)CN1CCN(C(=O)[C@H]2CCN(S(=O)(=O)c3ccc(F)cc3)C2)CC1. The number of hydrogen-bond acceptors (Lipinski definition) is 5. The predicted molar refractivity (Wildman–Crippen MR) is 105 cm³/mol. The summed E-state index contributed by atoms with van der Waals surface area (Å²) in [6.45, 7) is 3.04. The number of carbonyl (C=O) groups is 2. The molecule has 2 amide bonds. The summed E-state index contributed by atoms with van der Waals surface area (Å²) in [7, 11) is -0.305. The second-order valence-electron chi connectivity index (χ2n) is 7.69. The summed E-state index contributed by atoms with van der Waals surface area (Å²) in [4.78, 5) is 30.0. The molecule has 3 rings (SSSR count). The highest BCUT2D eigenvalue weighted by molar-refractivity contribution is 7.89. The maximum Gasteiger partial charge on any atom is 0.243 e. The maximum absolute atomic E-state index is 13.1. The third kappa shape index (κ3) is 4.93. The second-order valence-corrected chi connectivity index (χ2v) is 9.63. The molecule has 0 saturated carbocycles. The number of amides is 2. The fourth-order valence-corrected chi connectivity index (χ4v) is 5.12. The van der Waals surface area contributed by atoms with Crippen molar-refractivity contribution in [2.24, 2.45) is 5.92 Å². The van der Waals surface area contributed by atoms with E-state index in [4.69, 9.17) is 0 Å². The van der Waals surface area contributed by atoms with E-state index in [1.54, 1.807) is 23.9 Å². The van der Waals surface area contributed by atoms with Gasteiger partial charge in [0.05, 0.1) is 17.4 Å². The van der Waals surface area contributed by atoms with E-state index >= 15 is 0 Å². The van der Waals surface area contributed by atoms with Gasteiger partial charge >= 0.3 is 0 Å². The highest BCUT2D eigenvalue weighted by atomic mass is 32.2. The smallest absolute Gasteiger partial charge is 0.243 e. The lowest BCUT2D eigenvalue weighted by atomic mass is 10.1. The monoisotopic (exact) mass is 426 g/mol. The fourth-order valence-electron chi connectivity index (χ4n) is 3.62. The molecule has 2 aliphatic rings. The zero-order valence-electron chi connectivity index (χ0n) is 16.8. The topological polar surface area (TPSA) is 81.2 Å². The van der Waals surface area contributed by atoms with Crippen LogP contribution in [0.4, 0.5) is 4.39 Å². The van der Waals surface area contributed by atoms with Gasteiger partial charge in [-0.05, 0) is 30.7 Å². The molecule has 0 aliphatic carbocycles. The number of likely N-dealkylation sites (N-methyl/N-ethyl adjacent to an activating group) is 1. The first-order valence-corrected chi connectivity index (χ1v) is 11.1. The Hall–Kier alpha value is -2.04. The zero-order chi connectivity index (χ0) is 21.2. The summed E-state index contributed by atoms with van der Waals surface area (Å²) in [6.07, 6.45) is 0.471. The summed E-state index contributed by atoms with van der Waals surface area (Å²) < 4.78 is 39.8. The number of benzene rings is 1. The quantitative estimate of drug-likeness (QED) is 0.666. The molecule has 2 aliphatic heterocycles. The first kappa shape index (κ1) is 21.7. The van der Waals surface area contributed by atoms with E-state index in [0.717, 1.165) is 12.1 Å². The lowest BCUT2D eigenvalue weighted by Crippen LogP contribution is -2.52. The van der Waals surface area contributed by atoms with Gasteiger partial charge in [-0.25, -0.2) is 12.8 Å². The molecule has 2 heterocycles. The van der Waals surface area contributed by atoms with Crippen LogP contribution in [0.3, 0.4) is 0 Å². The summed E-state index contributed by atoms with van der Waals surface area (Å²) in [5.74, 6) is -0.882. The van der Waals surface area contributed by atoms with E-state index in [0.29, 0.717) is 39.1 Å². The van der Waals surface area contributed by atoms with Crippen LogP contribution < -0.4 is 0 Å². The Morgan fingerprint density at radius 3 is 2.28 bits per heavy atom. The van der Waals surface area contributed by atoms with Crippen molar-refractivity contribution in [2.75, 3.05) is 59.9 Å². The van der Waals surface area contributed by atoms with Gasteiger partial charge in [0.2, 0.25) is 21.8 Å². The first-order valence-electron chi connectivity index (χ1n) is 9.65. The molecular formula is C19H27FN4O4S. The van der Waals surface area contributed by atoms with Gasteiger partial charge in [-0.15, -0.1) is 0 Å². The van der Waals surface area contributed by atoms with Crippen molar-refractivity contribution in [2.45, 2.75) is 11.3 Å². The van der Waals surface area contributed by atoms with E-state index < -0.39 is 15.8 Å². The molecule has 1 aromatic carbocycles. The van der Waals surface area contributed by atoms with Gasteiger partial charge in [0.1, 0.15) is 5.82 Å². The lowest BCUT2D eigenvalue weighted by molar-refractivity contribution is -0.137. The van der Waals surface area contributed by atoms with Crippen molar-refractivity contribution in [3.8, 4) is 0 Å². The minimum absolute atomic E-state index is 0.0298. The molecule has 1 aromatic rings. The van der Waals surface area contributed by atoms with E-state index in [1.165, 1.54) is 16.4 Å². The van der Waals surface area contributed by atoms with Crippen LogP contribution in [0, 0.1) is 11.7 Å². The molecule has 0 N–H and O–H groups in total. The molecule has 29 heavy (non-hydrogen) atoms. The summed E-state index contributed by atoms with van der Waals surface area (Å²) in [5, 5.41) is 0. The Balaban J connectivity index is 1.54. The number of hydrogen-bond donors (Lipinski definition) is 0. The van der Waals surface area contributed by atoms with Crippen LogP contribution in [0.15, 0.2) is 29.2 Å². The van der Waals surface area contributed by atoms with E-state index in [2.05, 4.69) is 0 Å². The molecule has 0 aromatic heterocycles. The van der Waals surface area contributed by atoms with Crippen molar-refractivity contribution >= 4 is 21.8 Å². The van der Waals surface area contributed by atoms with Crippen LogP contribution in [0.2, 0.25) is 0 Å². The standard InChI is InChI=1S/C19H27FN4O4S/c1-21(2)18(25)14-22-9-11-23(12-10-22)19(26)15-7-8-24(13-15)29(27,28)17-5-3-16(20)4-6-17/h3-6,15H,7-14H2,1-2H3/t15-/m0/s1. The van der Waals surface area contributed by atoms with Crippen LogP contribution in [0.1, 0.15) is 6.42 Å². The van der Waals surface area contributed by atoms with Gasteiger partial charge < -0.3 is 9.80 Å². The Morgan fingerprint density at radius 2 is 1.69 bits per heavy atom. The molecule has 10 heteroatoms. The Bertz CT molecular complexity index is 851. The Kier molecular flexibility index (Phi) is 6.55. The van der Waals surface area contributed by atoms with Crippen molar-refractivity contribution in [1.82, 2.24) is 19.0 Å². The molecule has 0 unspecified atom stereocenters. The van der Waals surface area contributed by atoms with Gasteiger partial charge in [0.25, 0.3) is 0 Å². The van der Waals surface area contributed by atoms with Crippen LogP contribution in [-0.4, -0.2) is 99.1 Å². The number of carbonyl (C=O) groups excluding carboxylic acids is 2. The number of halogens is 1. The van der Waals surface area contributed by atoms with Crippen LogP contribution >= 0.6 is 0 Å². The van der Waals surface area contributed by atoms with Crippen LogP contribution in [-0.2, 0) is 19.6 Å². The second kappa shape index (κ2) is 8.76. The number of sulfonamides is 1.